The number of carbonyl (C=O) groups excluding carboxylic acids is 1. The fraction of sp³-hybridized carbons (Fsp3) is 0.316. The van der Waals surface area contributed by atoms with E-state index in [1.54, 1.807) is 31.4 Å². The van der Waals surface area contributed by atoms with Gasteiger partial charge in [-0.25, -0.2) is 0 Å². The summed E-state index contributed by atoms with van der Waals surface area (Å²) >= 11 is 6.09. The number of halogens is 1. The van der Waals surface area contributed by atoms with Gasteiger partial charge in [-0.15, -0.1) is 0 Å². The summed E-state index contributed by atoms with van der Waals surface area (Å²) in [5.74, 6) is 1.40. The number of amides is 1. The third-order valence-electron chi connectivity index (χ3n) is 3.40. The minimum Gasteiger partial charge on any atom is -0.493 e. The molecule has 0 aliphatic carbocycles. The van der Waals surface area contributed by atoms with Crippen LogP contribution >= 0.6 is 11.6 Å². The minimum absolute atomic E-state index is 0.191. The molecule has 1 N–H and O–H groups in total. The van der Waals surface area contributed by atoms with Crippen molar-refractivity contribution >= 4 is 17.5 Å². The third-order valence-corrected chi connectivity index (χ3v) is 3.76. The van der Waals surface area contributed by atoms with Crippen LogP contribution in [0.1, 0.15) is 29.8 Å². The average Bonchev–Trinajstić information content (AvgIpc) is 2.58. The first kappa shape index (κ1) is 18.1. The largest absolute Gasteiger partial charge is 0.493 e. The van der Waals surface area contributed by atoms with Crippen molar-refractivity contribution in [3.8, 4) is 11.5 Å². The van der Waals surface area contributed by atoms with Crippen LogP contribution < -0.4 is 14.8 Å². The van der Waals surface area contributed by atoms with E-state index >= 15 is 0 Å². The summed E-state index contributed by atoms with van der Waals surface area (Å²) in [5.41, 5.74) is 1.38. The fourth-order valence-electron chi connectivity index (χ4n) is 2.10. The first-order valence-electron chi connectivity index (χ1n) is 7.83. The molecule has 2 rings (SSSR count). The van der Waals surface area contributed by atoms with Crippen LogP contribution in [0, 0.1) is 5.92 Å². The number of nitrogens with one attached hydrogen (secondary N) is 1. The second kappa shape index (κ2) is 8.60. The maximum absolute atomic E-state index is 12.3. The Bertz CT molecular complexity index is 701. The summed E-state index contributed by atoms with van der Waals surface area (Å²) in [6, 6.07) is 12.6. The molecule has 0 aromatic heterocycles. The zero-order valence-corrected chi connectivity index (χ0v) is 14.9. The molecule has 0 unspecified atom stereocenters. The van der Waals surface area contributed by atoms with Crippen molar-refractivity contribution < 1.29 is 14.3 Å². The SMILES string of the molecule is COc1cc(C(=O)NCc2ccccc2Cl)ccc1OCC(C)C. The molecule has 0 fully saturated rings. The molecule has 0 heterocycles. The molecule has 0 bridgehead atoms. The molecule has 2 aromatic carbocycles. The van der Waals surface area contributed by atoms with E-state index in [0.717, 1.165) is 5.56 Å². The van der Waals surface area contributed by atoms with Crippen LogP contribution in [0.15, 0.2) is 42.5 Å². The van der Waals surface area contributed by atoms with E-state index in [0.29, 0.717) is 41.2 Å². The number of rotatable bonds is 7. The summed E-state index contributed by atoms with van der Waals surface area (Å²) in [4.78, 5) is 12.3. The Hall–Kier alpha value is -2.20. The Balaban J connectivity index is 2.05. The van der Waals surface area contributed by atoms with E-state index in [4.69, 9.17) is 21.1 Å². The van der Waals surface area contributed by atoms with Crippen LogP contribution in [0.25, 0.3) is 0 Å². The lowest BCUT2D eigenvalue weighted by Crippen LogP contribution is -2.23. The highest BCUT2D eigenvalue weighted by atomic mass is 35.5. The van der Waals surface area contributed by atoms with Gasteiger partial charge in [-0.1, -0.05) is 43.6 Å². The highest BCUT2D eigenvalue weighted by Crippen LogP contribution is 2.28. The van der Waals surface area contributed by atoms with Gasteiger partial charge in [0.1, 0.15) is 0 Å². The number of carbonyl (C=O) groups is 1. The molecule has 0 radical (unpaired) electrons. The Morgan fingerprint density at radius 2 is 1.92 bits per heavy atom. The number of hydrogen-bond donors (Lipinski definition) is 1. The molecule has 128 valence electrons. The van der Waals surface area contributed by atoms with Gasteiger partial charge in [-0.3, -0.25) is 4.79 Å². The topological polar surface area (TPSA) is 47.6 Å². The van der Waals surface area contributed by atoms with Gasteiger partial charge in [0, 0.05) is 17.1 Å². The van der Waals surface area contributed by atoms with E-state index in [9.17, 15) is 4.79 Å². The average molecular weight is 348 g/mol. The van der Waals surface area contributed by atoms with E-state index in [1.807, 2.05) is 18.2 Å². The second-order valence-corrected chi connectivity index (χ2v) is 6.25. The van der Waals surface area contributed by atoms with Gasteiger partial charge in [0.15, 0.2) is 11.5 Å². The number of hydrogen-bond acceptors (Lipinski definition) is 3. The van der Waals surface area contributed by atoms with Crippen LogP contribution in [0.2, 0.25) is 5.02 Å². The van der Waals surface area contributed by atoms with Crippen molar-refractivity contribution in [2.75, 3.05) is 13.7 Å². The molecule has 0 spiro atoms. The normalized spacial score (nSPS) is 10.5. The lowest BCUT2D eigenvalue weighted by Gasteiger charge is -2.13. The molecule has 24 heavy (non-hydrogen) atoms. The van der Waals surface area contributed by atoms with Gasteiger partial charge in [0.2, 0.25) is 0 Å². The van der Waals surface area contributed by atoms with Crippen molar-refractivity contribution in [1.29, 1.82) is 0 Å². The maximum Gasteiger partial charge on any atom is 0.251 e. The lowest BCUT2D eigenvalue weighted by molar-refractivity contribution is 0.0950. The van der Waals surface area contributed by atoms with Crippen molar-refractivity contribution in [2.45, 2.75) is 20.4 Å². The van der Waals surface area contributed by atoms with Gasteiger partial charge in [-0.2, -0.15) is 0 Å². The molecule has 0 saturated carbocycles. The molecule has 0 aliphatic rings. The summed E-state index contributed by atoms with van der Waals surface area (Å²) < 4.78 is 11.0. The Labute approximate surface area is 147 Å². The first-order valence-corrected chi connectivity index (χ1v) is 8.21. The van der Waals surface area contributed by atoms with Crippen molar-refractivity contribution in [3.63, 3.8) is 0 Å². The van der Waals surface area contributed by atoms with Crippen LogP contribution in [-0.4, -0.2) is 19.6 Å². The van der Waals surface area contributed by atoms with Gasteiger partial charge in [0.05, 0.1) is 13.7 Å². The van der Waals surface area contributed by atoms with Crippen molar-refractivity contribution in [1.82, 2.24) is 5.32 Å². The van der Waals surface area contributed by atoms with E-state index in [1.165, 1.54) is 0 Å². The van der Waals surface area contributed by atoms with Crippen LogP contribution in [-0.2, 0) is 6.54 Å². The van der Waals surface area contributed by atoms with Crippen LogP contribution in [0.5, 0.6) is 11.5 Å². The Kier molecular flexibility index (Phi) is 6.50. The van der Waals surface area contributed by atoms with Gasteiger partial charge in [0.25, 0.3) is 5.91 Å². The smallest absolute Gasteiger partial charge is 0.251 e. The predicted octanol–water partition coefficient (Wildman–Crippen LogP) is 4.31. The zero-order chi connectivity index (χ0) is 17.5. The predicted molar refractivity (Wildman–Crippen MR) is 95.9 cm³/mol. The Morgan fingerprint density at radius 1 is 1.17 bits per heavy atom. The van der Waals surface area contributed by atoms with Crippen molar-refractivity contribution in [2.24, 2.45) is 5.92 Å². The van der Waals surface area contributed by atoms with Crippen molar-refractivity contribution in [3.05, 3.63) is 58.6 Å². The summed E-state index contributed by atoms with van der Waals surface area (Å²) in [6.07, 6.45) is 0. The highest BCUT2D eigenvalue weighted by Gasteiger charge is 2.12. The van der Waals surface area contributed by atoms with Crippen LogP contribution in [0.3, 0.4) is 0 Å². The number of methoxy groups -OCH3 is 1. The molecule has 5 heteroatoms. The second-order valence-electron chi connectivity index (χ2n) is 5.84. The summed E-state index contributed by atoms with van der Waals surface area (Å²) in [7, 11) is 1.56. The van der Waals surface area contributed by atoms with E-state index < -0.39 is 0 Å². The quantitative estimate of drug-likeness (QED) is 0.811. The first-order chi connectivity index (χ1) is 11.5. The minimum atomic E-state index is -0.191. The molecule has 0 atom stereocenters. The maximum atomic E-state index is 12.3. The summed E-state index contributed by atoms with van der Waals surface area (Å²) in [6.45, 7) is 5.10. The van der Waals surface area contributed by atoms with E-state index in [2.05, 4.69) is 19.2 Å². The molecular formula is C19H22ClNO3. The third kappa shape index (κ3) is 4.90. The van der Waals surface area contributed by atoms with Gasteiger partial charge in [-0.05, 0) is 35.7 Å². The lowest BCUT2D eigenvalue weighted by atomic mass is 10.1. The molecule has 0 aliphatic heterocycles. The monoisotopic (exact) mass is 347 g/mol. The molecule has 0 saturated heterocycles. The zero-order valence-electron chi connectivity index (χ0n) is 14.1. The van der Waals surface area contributed by atoms with Gasteiger partial charge >= 0.3 is 0 Å². The molecule has 2 aromatic rings. The standard InChI is InChI=1S/C19H22ClNO3/c1-13(2)12-24-17-9-8-14(10-18(17)23-3)19(22)21-11-15-6-4-5-7-16(15)20/h4-10,13H,11-12H2,1-3H3,(H,21,22). The van der Waals surface area contributed by atoms with E-state index in [-0.39, 0.29) is 5.91 Å². The fourth-order valence-corrected chi connectivity index (χ4v) is 2.31. The van der Waals surface area contributed by atoms with Gasteiger partial charge < -0.3 is 14.8 Å². The molecular weight excluding hydrogens is 326 g/mol. The Morgan fingerprint density at radius 3 is 2.58 bits per heavy atom. The number of ether oxygens (including phenoxy) is 2. The molecule has 1 amide bonds. The highest BCUT2D eigenvalue weighted by molar-refractivity contribution is 6.31. The molecule has 4 nitrogen and oxygen atoms in total. The summed E-state index contributed by atoms with van der Waals surface area (Å²) in [5, 5.41) is 3.49. The number of benzene rings is 2. The van der Waals surface area contributed by atoms with Crippen LogP contribution in [0.4, 0.5) is 0 Å².